The molecule has 2 aromatic rings. The van der Waals surface area contributed by atoms with Crippen LogP contribution in [0.4, 0.5) is 5.69 Å². The van der Waals surface area contributed by atoms with Crippen LogP contribution in [0.3, 0.4) is 0 Å². The van der Waals surface area contributed by atoms with E-state index in [0.29, 0.717) is 5.02 Å². The average molecular weight is 273 g/mol. The summed E-state index contributed by atoms with van der Waals surface area (Å²) in [5, 5.41) is 0.636. The minimum absolute atomic E-state index is 0.0730. The van der Waals surface area contributed by atoms with Crippen molar-refractivity contribution in [2.45, 2.75) is 12.1 Å². The van der Waals surface area contributed by atoms with Gasteiger partial charge in [0.2, 0.25) is 5.91 Å². The lowest BCUT2D eigenvalue weighted by Gasteiger charge is -2.45. The highest BCUT2D eigenvalue weighted by molar-refractivity contribution is 6.31. The predicted molar refractivity (Wildman–Crippen MR) is 76.1 cm³/mol. The van der Waals surface area contributed by atoms with Gasteiger partial charge in [0.25, 0.3) is 0 Å². The molecule has 2 N–H and O–H groups in total. The lowest BCUT2D eigenvalue weighted by atomic mass is 9.88. The number of halogens is 1. The number of nitrogens with two attached hydrogens (primary N) is 1. The van der Waals surface area contributed by atoms with Gasteiger partial charge in [-0.15, -0.1) is 0 Å². The summed E-state index contributed by atoms with van der Waals surface area (Å²) in [5.41, 5.74) is 7.68. The highest BCUT2D eigenvalue weighted by Gasteiger charge is 2.47. The summed E-state index contributed by atoms with van der Waals surface area (Å²) in [6.07, 6.45) is 0. The van der Waals surface area contributed by atoms with E-state index in [-0.39, 0.29) is 11.9 Å². The number of carbonyl (C=O) groups excluding carboxylic acids is 1. The number of rotatable bonds is 2. The third-order valence-corrected chi connectivity index (χ3v) is 3.74. The van der Waals surface area contributed by atoms with Gasteiger partial charge in [-0.25, -0.2) is 0 Å². The summed E-state index contributed by atoms with van der Waals surface area (Å²) < 4.78 is 0. The maximum absolute atomic E-state index is 12.0. The number of hydrogen-bond acceptors (Lipinski definition) is 2. The van der Waals surface area contributed by atoms with Crippen LogP contribution in [0.2, 0.25) is 5.02 Å². The summed E-state index contributed by atoms with van der Waals surface area (Å²) in [5.74, 6) is -0.0730. The third-order valence-electron chi connectivity index (χ3n) is 3.40. The second kappa shape index (κ2) is 4.68. The van der Waals surface area contributed by atoms with Gasteiger partial charge in [-0.1, -0.05) is 48.0 Å². The molecule has 2 atom stereocenters. The largest absolute Gasteiger partial charge is 0.318 e. The fourth-order valence-electron chi connectivity index (χ4n) is 2.44. The first-order valence-corrected chi connectivity index (χ1v) is 6.46. The summed E-state index contributed by atoms with van der Waals surface area (Å²) >= 11 is 6.20. The normalized spacial score (nSPS) is 22.2. The molecule has 96 valence electrons. The van der Waals surface area contributed by atoms with Crippen LogP contribution in [0.25, 0.3) is 0 Å². The van der Waals surface area contributed by atoms with Crippen molar-refractivity contribution in [1.29, 1.82) is 0 Å². The van der Waals surface area contributed by atoms with Gasteiger partial charge in [-0.3, -0.25) is 4.79 Å². The van der Waals surface area contributed by atoms with Crippen LogP contribution in [0.5, 0.6) is 0 Å². The van der Waals surface area contributed by atoms with E-state index in [9.17, 15) is 4.79 Å². The average Bonchev–Trinajstić information content (AvgIpc) is 2.46. The van der Waals surface area contributed by atoms with Crippen LogP contribution >= 0.6 is 11.6 Å². The molecule has 0 unspecified atom stereocenters. The molecular weight excluding hydrogens is 260 g/mol. The van der Waals surface area contributed by atoms with Crippen LogP contribution < -0.4 is 10.6 Å². The Hall–Kier alpha value is -1.84. The second-order valence-corrected chi connectivity index (χ2v) is 4.94. The number of hydrogen-bond donors (Lipinski definition) is 1. The number of para-hydroxylation sites is 1. The van der Waals surface area contributed by atoms with Crippen molar-refractivity contribution in [3.63, 3.8) is 0 Å². The highest BCUT2D eigenvalue weighted by Crippen LogP contribution is 2.40. The molecular formula is C15H13ClN2O. The van der Waals surface area contributed by atoms with E-state index in [1.165, 1.54) is 0 Å². The monoisotopic (exact) mass is 272 g/mol. The number of carbonyl (C=O) groups is 1. The minimum Gasteiger partial charge on any atom is -0.318 e. The van der Waals surface area contributed by atoms with Crippen LogP contribution in [-0.4, -0.2) is 11.9 Å². The molecule has 3 rings (SSSR count). The Bertz CT molecular complexity index is 615. The van der Waals surface area contributed by atoms with Gasteiger partial charge < -0.3 is 10.6 Å². The lowest BCUT2D eigenvalue weighted by Crippen LogP contribution is -2.63. The number of amides is 1. The Morgan fingerprint density at radius 2 is 1.63 bits per heavy atom. The van der Waals surface area contributed by atoms with Gasteiger partial charge in [0.1, 0.15) is 6.04 Å². The minimum atomic E-state index is -0.528. The number of anilines is 1. The fraction of sp³-hybridized carbons (Fsp3) is 0.133. The van der Waals surface area contributed by atoms with Crippen LogP contribution in [0.15, 0.2) is 54.6 Å². The Labute approximate surface area is 116 Å². The van der Waals surface area contributed by atoms with Crippen molar-refractivity contribution in [2.75, 3.05) is 4.90 Å². The first-order chi connectivity index (χ1) is 9.20. The summed E-state index contributed by atoms with van der Waals surface area (Å²) in [7, 11) is 0. The first kappa shape index (κ1) is 12.2. The van der Waals surface area contributed by atoms with Crippen molar-refractivity contribution < 1.29 is 4.79 Å². The van der Waals surface area contributed by atoms with Crippen molar-refractivity contribution in [1.82, 2.24) is 0 Å². The van der Waals surface area contributed by atoms with E-state index < -0.39 is 6.04 Å². The molecule has 1 fully saturated rings. The molecule has 1 aliphatic heterocycles. The van der Waals surface area contributed by atoms with E-state index in [2.05, 4.69) is 0 Å². The zero-order valence-electron chi connectivity index (χ0n) is 10.2. The molecule has 1 amide bonds. The lowest BCUT2D eigenvalue weighted by molar-refractivity contribution is -0.126. The summed E-state index contributed by atoms with van der Waals surface area (Å²) in [4.78, 5) is 13.7. The predicted octanol–water partition coefficient (Wildman–Crippen LogP) is 2.76. The van der Waals surface area contributed by atoms with Gasteiger partial charge in [0.05, 0.1) is 6.04 Å². The second-order valence-electron chi connectivity index (χ2n) is 4.54. The molecule has 3 nitrogen and oxygen atoms in total. The molecule has 0 spiro atoms. The standard InChI is InChI=1S/C15H13ClN2O/c16-12-9-5-4-8-11(12)14-13(17)15(19)18(14)10-6-2-1-3-7-10/h1-9,13-14H,17H2/t13-,14+/m1/s1. The third kappa shape index (κ3) is 1.91. The van der Waals surface area contributed by atoms with Crippen molar-refractivity contribution in [3.8, 4) is 0 Å². The number of benzene rings is 2. The van der Waals surface area contributed by atoms with Gasteiger partial charge in [0.15, 0.2) is 0 Å². The van der Waals surface area contributed by atoms with Crippen molar-refractivity contribution in [2.24, 2.45) is 5.73 Å². The molecule has 0 radical (unpaired) electrons. The Balaban J connectivity index is 2.01. The summed E-state index contributed by atoms with van der Waals surface area (Å²) in [6.45, 7) is 0. The molecule has 0 aliphatic carbocycles. The quantitative estimate of drug-likeness (QED) is 0.855. The number of nitrogens with zero attached hydrogens (tertiary/aromatic N) is 1. The summed E-state index contributed by atoms with van der Waals surface area (Å²) in [6, 6.07) is 16.3. The molecule has 0 saturated carbocycles. The molecule has 1 saturated heterocycles. The topological polar surface area (TPSA) is 46.3 Å². The van der Waals surface area contributed by atoms with Crippen LogP contribution in [0.1, 0.15) is 11.6 Å². The van der Waals surface area contributed by atoms with Gasteiger partial charge in [0, 0.05) is 10.7 Å². The van der Waals surface area contributed by atoms with E-state index in [1.807, 2.05) is 54.6 Å². The zero-order chi connectivity index (χ0) is 13.4. The van der Waals surface area contributed by atoms with E-state index in [4.69, 9.17) is 17.3 Å². The van der Waals surface area contributed by atoms with Crippen LogP contribution in [0, 0.1) is 0 Å². The van der Waals surface area contributed by atoms with E-state index in [1.54, 1.807) is 4.90 Å². The van der Waals surface area contributed by atoms with E-state index in [0.717, 1.165) is 11.3 Å². The van der Waals surface area contributed by atoms with Crippen LogP contribution in [-0.2, 0) is 4.79 Å². The maximum atomic E-state index is 12.0. The van der Waals surface area contributed by atoms with Crippen molar-refractivity contribution in [3.05, 3.63) is 65.2 Å². The fourth-order valence-corrected chi connectivity index (χ4v) is 2.68. The van der Waals surface area contributed by atoms with Crippen molar-refractivity contribution >= 4 is 23.2 Å². The van der Waals surface area contributed by atoms with Gasteiger partial charge in [-0.05, 0) is 23.8 Å². The molecule has 19 heavy (non-hydrogen) atoms. The Morgan fingerprint density at radius 1 is 1.00 bits per heavy atom. The van der Waals surface area contributed by atoms with Gasteiger partial charge >= 0.3 is 0 Å². The molecule has 0 aromatic heterocycles. The SMILES string of the molecule is N[C@H]1C(=O)N(c2ccccc2)[C@H]1c1ccccc1Cl. The highest BCUT2D eigenvalue weighted by atomic mass is 35.5. The Kier molecular flexibility index (Phi) is 3.01. The van der Waals surface area contributed by atoms with E-state index >= 15 is 0 Å². The number of β-lactam (4-membered cyclic amide) rings is 1. The maximum Gasteiger partial charge on any atom is 0.247 e. The zero-order valence-corrected chi connectivity index (χ0v) is 10.9. The molecule has 0 bridgehead atoms. The van der Waals surface area contributed by atoms with Gasteiger partial charge in [-0.2, -0.15) is 0 Å². The smallest absolute Gasteiger partial charge is 0.247 e. The first-order valence-electron chi connectivity index (χ1n) is 6.08. The molecule has 4 heteroatoms. The molecule has 1 aliphatic rings. The Morgan fingerprint density at radius 3 is 2.32 bits per heavy atom. The molecule has 1 heterocycles. The molecule has 2 aromatic carbocycles.